The number of hydrogen-bond donors (Lipinski definition) is 1. The zero-order valence-electron chi connectivity index (χ0n) is 11.6. The lowest BCUT2D eigenvalue weighted by Gasteiger charge is -2.40. The van der Waals surface area contributed by atoms with E-state index in [1.807, 2.05) is 0 Å². The third kappa shape index (κ3) is 4.42. The highest BCUT2D eigenvalue weighted by Gasteiger charge is 2.25. The normalized spacial score (nSPS) is 27.6. The highest BCUT2D eigenvalue weighted by molar-refractivity contribution is 4.85. The van der Waals surface area contributed by atoms with Gasteiger partial charge in [0.25, 0.3) is 0 Å². The average molecular weight is 226 g/mol. The summed E-state index contributed by atoms with van der Waals surface area (Å²) in [6.45, 7) is 13.0. The molecule has 16 heavy (non-hydrogen) atoms. The Hall–Kier alpha value is -0.0800. The smallest absolute Gasteiger partial charge is 0.0218 e. The minimum Gasteiger partial charge on any atom is -0.311 e. The summed E-state index contributed by atoms with van der Waals surface area (Å²) in [6.07, 6.45) is 5.25. The summed E-state index contributed by atoms with van der Waals surface area (Å²) < 4.78 is 0. The van der Waals surface area contributed by atoms with Crippen LogP contribution in [0.3, 0.4) is 0 Å². The average Bonchev–Trinajstić information content (AvgIpc) is 2.27. The fraction of sp³-hybridized carbons (Fsp3) is 1.00. The third-order valence-corrected chi connectivity index (χ3v) is 3.72. The molecule has 0 radical (unpaired) electrons. The van der Waals surface area contributed by atoms with Crippen LogP contribution in [0, 0.1) is 5.92 Å². The van der Waals surface area contributed by atoms with Crippen LogP contribution in [0.4, 0.5) is 0 Å². The molecular weight excluding hydrogens is 196 g/mol. The molecule has 0 aromatic carbocycles. The zero-order chi connectivity index (χ0) is 12.0. The molecule has 2 unspecified atom stereocenters. The minimum atomic E-state index is 0.736. The molecule has 0 aromatic heterocycles. The first kappa shape index (κ1) is 14.0. The van der Waals surface area contributed by atoms with Crippen molar-refractivity contribution in [3.63, 3.8) is 0 Å². The Kier molecular flexibility index (Phi) is 6.37. The second-order valence-corrected chi connectivity index (χ2v) is 5.63. The van der Waals surface area contributed by atoms with Crippen molar-refractivity contribution in [2.24, 2.45) is 5.92 Å². The molecule has 1 fully saturated rings. The Morgan fingerprint density at radius 2 is 2.06 bits per heavy atom. The molecule has 96 valence electrons. The van der Waals surface area contributed by atoms with Gasteiger partial charge < -0.3 is 5.32 Å². The van der Waals surface area contributed by atoms with Crippen LogP contribution >= 0.6 is 0 Å². The second-order valence-electron chi connectivity index (χ2n) is 5.63. The Labute approximate surface area is 102 Å². The van der Waals surface area contributed by atoms with E-state index in [0.717, 1.165) is 18.0 Å². The van der Waals surface area contributed by atoms with Crippen LogP contribution in [-0.2, 0) is 0 Å². The van der Waals surface area contributed by atoms with Gasteiger partial charge in [-0.05, 0) is 31.7 Å². The van der Waals surface area contributed by atoms with Crippen LogP contribution in [0.1, 0.15) is 53.4 Å². The molecule has 2 atom stereocenters. The number of piperazine rings is 1. The van der Waals surface area contributed by atoms with Gasteiger partial charge in [-0.3, -0.25) is 4.90 Å². The molecule has 2 nitrogen and oxygen atoms in total. The summed E-state index contributed by atoms with van der Waals surface area (Å²) in [5, 5.41) is 3.70. The highest BCUT2D eigenvalue weighted by Crippen LogP contribution is 2.15. The second kappa shape index (κ2) is 7.29. The van der Waals surface area contributed by atoms with E-state index in [9.17, 15) is 0 Å². The van der Waals surface area contributed by atoms with E-state index in [2.05, 4.69) is 37.9 Å². The lowest BCUT2D eigenvalue weighted by molar-refractivity contribution is 0.117. The van der Waals surface area contributed by atoms with Gasteiger partial charge in [-0.15, -0.1) is 0 Å². The van der Waals surface area contributed by atoms with E-state index in [1.54, 1.807) is 0 Å². The number of rotatable bonds is 6. The maximum Gasteiger partial charge on any atom is 0.0218 e. The largest absolute Gasteiger partial charge is 0.311 e. The van der Waals surface area contributed by atoms with E-state index in [-0.39, 0.29) is 0 Å². The molecule has 1 aliphatic rings. The van der Waals surface area contributed by atoms with Gasteiger partial charge in [0.1, 0.15) is 0 Å². The summed E-state index contributed by atoms with van der Waals surface area (Å²) >= 11 is 0. The van der Waals surface area contributed by atoms with Crippen molar-refractivity contribution in [3.05, 3.63) is 0 Å². The Morgan fingerprint density at radius 1 is 1.31 bits per heavy atom. The molecule has 0 spiro atoms. The van der Waals surface area contributed by atoms with E-state index < -0.39 is 0 Å². The quantitative estimate of drug-likeness (QED) is 0.749. The molecule has 2 heteroatoms. The fourth-order valence-electron chi connectivity index (χ4n) is 2.57. The van der Waals surface area contributed by atoms with Crippen LogP contribution in [0.5, 0.6) is 0 Å². The Balaban J connectivity index is 2.40. The number of nitrogens with one attached hydrogen (secondary N) is 1. The van der Waals surface area contributed by atoms with Crippen molar-refractivity contribution < 1.29 is 0 Å². The zero-order valence-corrected chi connectivity index (χ0v) is 11.6. The molecule has 0 amide bonds. The van der Waals surface area contributed by atoms with Crippen molar-refractivity contribution in [3.8, 4) is 0 Å². The topological polar surface area (TPSA) is 15.3 Å². The number of nitrogens with zero attached hydrogens (tertiary/aromatic N) is 1. The summed E-state index contributed by atoms with van der Waals surface area (Å²) in [5.74, 6) is 0.831. The maximum atomic E-state index is 3.70. The van der Waals surface area contributed by atoms with Crippen molar-refractivity contribution in [1.82, 2.24) is 10.2 Å². The summed E-state index contributed by atoms with van der Waals surface area (Å²) in [7, 11) is 0. The van der Waals surface area contributed by atoms with Crippen molar-refractivity contribution in [2.75, 3.05) is 19.6 Å². The lowest BCUT2D eigenvalue weighted by atomic mass is 10.0. The standard InChI is InChI=1S/C14H30N2/c1-5-7-13-11-16(9-8-12(3)4)14(6-2)10-15-13/h12-15H,5-11H2,1-4H3. The van der Waals surface area contributed by atoms with Crippen LogP contribution in [0.2, 0.25) is 0 Å². The SMILES string of the molecule is CCCC1CN(CCC(C)C)C(CC)CN1. The molecule has 1 rings (SSSR count). The minimum absolute atomic E-state index is 0.736. The van der Waals surface area contributed by atoms with E-state index in [4.69, 9.17) is 0 Å². The Morgan fingerprint density at radius 3 is 2.62 bits per heavy atom. The van der Waals surface area contributed by atoms with E-state index in [1.165, 1.54) is 45.3 Å². The van der Waals surface area contributed by atoms with Crippen LogP contribution in [0.25, 0.3) is 0 Å². The van der Waals surface area contributed by atoms with E-state index in [0.29, 0.717) is 0 Å². The van der Waals surface area contributed by atoms with Crippen LogP contribution in [0.15, 0.2) is 0 Å². The third-order valence-electron chi connectivity index (χ3n) is 3.72. The van der Waals surface area contributed by atoms with Gasteiger partial charge in [0.2, 0.25) is 0 Å². The van der Waals surface area contributed by atoms with Gasteiger partial charge in [0.15, 0.2) is 0 Å². The summed E-state index contributed by atoms with van der Waals surface area (Å²) in [5.41, 5.74) is 0. The molecule has 0 aromatic rings. The predicted molar refractivity (Wildman–Crippen MR) is 71.8 cm³/mol. The summed E-state index contributed by atoms with van der Waals surface area (Å²) in [4.78, 5) is 2.72. The molecule has 1 aliphatic heterocycles. The van der Waals surface area contributed by atoms with E-state index >= 15 is 0 Å². The van der Waals surface area contributed by atoms with Crippen LogP contribution < -0.4 is 5.32 Å². The first-order chi connectivity index (χ1) is 7.67. The fourth-order valence-corrected chi connectivity index (χ4v) is 2.57. The Bertz CT molecular complexity index is 180. The highest BCUT2D eigenvalue weighted by atomic mass is 15.2. The monoisotopic (exact) mass is 226 g/mol. The van der Waals surface area contributed by atoms with Crippen molar-refractivity contribution in [2.45, 2.75) is 65.5 Å². The molecular formula is C14H30N2. The molecule has 1 saturated heterocycles. The first-order valence-electron chi connectivity index (χ1n) is 7.14. The lowest BCUT2D eigenvalue weighted by Crippen LogP contribution is -2.56. The van der Waals surface area contributed by atoms with Crippen molar-refractivity contribution >= 4 is 0 Å². The van der Waals surface area contributed by atoms with Gasteiger partial charge in [0.05, 0.1) is 0 Å². The van der Waals surface area contributed by atoms with Gasteiger partial charge in [-0.25, -0.2) is 0 Å². The maximum absolute atomic E-state index is 3.70. The summed E-state index contributed by atoms with van der Waals surface area (Å²) in [6, 6.07) is 1.51. The van der Waals surface area contributed by atoms with Gasteiger partial charge in [-0.1, -0.05) is 34.1 Å². The molecule has 0 aliphatic carbocycles. The number of hydrogen-bond acceptors (Lipinski definition) is 2. The van der Waals surface area contributed by atoms with Crippen LogP contribution in [-0.4, -0.2) is 36.6 Å². The molecule has 1 N–H and O–H groups in total. The van der Waals surface area contributed by atoms with Gasteiger partial charge in [0, 0.05) is 25.2 Å². The van der Waals surface area contributed by atoms with Crippen molar-refractivity contribution in [1.29, 1.82) is 0 Å². The molecule has 0 saturated carbocycles. The molecule has 0 bridgehead atoms. The molecule has 1 heterocycles. The predicted octanol–water partition coefficient (Wildman–Crippen LogP) is 2.89. The van der Waals surface area contributed by atoms with Gasteiger partial charge >= 0.3 is 0 Å². The van der Waals surface area contributed by atoms with Gasteiger partial charge in [-0.2, -0.15) is 0 Å². The first-order valence-corrected chi connectivity index (χ1v) is 7.14.